The van der Waals surface area contributed by atoms with E-state index in [1.807, 2.05) is 36.4 Å². The van der Waals surface area contributed by atoms with E-state index in [4.69, 9.17) is 14.7 Å². The Morgan fingerprint density at radius 3 is 2.41 bits per heavy atom. The van der Waals surface area contributed by atoms with E-state index in [9.17, 15) is 4.79 Å². The summed E-state index contributed by atoms with van der Waals surface area (Å²) in [6.45, 7) is 4.16. The fraction of sp³-hybridized carbons (Fsp3) is 0.192. The number of hydrogen-bond donors (Lipinski definition) is 1. The predicted octanol–water partition coefficient (Wildman–Crippen LogP) is 6.24. The Morgan fingerprint density at radius 2 is 1.69 bits per heavy atom. The molecule has 0 unspecified atom stereocenters. The number of aryl methyl sites for hydroxylation is 2. The zero-order chi connectivity index (χ0) is 22.5. The average molecular weight is 444 g/mol. The highest BCUT2D eigenvalue weighted by Crippen LogP contribution is 2.36. The zero-order valence-corrected chi connectivity index (χ0v) is 19.2. The van der Waals surface area contributed by atoms with Gasteiger partial charge in [0.2, 0.25) is 5.91 Å². The van der Waals surface area contributed by atoms with Crippen molar-refractivity contribution in [3.05, 3.63) is 83.4 Å². The number of amides is 1. The normalized spacial score (nSPS) is 12.8. The van der Waals surface area contributed by atoms with E-state index in [1.54, 1.807) is 13.2 Å². The van der Waals surface area contributed by atoms with Crippen LogP contribution in [0.15, 0.2) is 76.7 Å². The van der Waals surface area contributed by atoms with Crippen molar-refractivity contribution < 1.29 is 9.53 Å². The number of ether oxygens (including phenoxy) is 1. The van der Waals surface area contributed by atoms with Crippen LogP contribution in [-0.2, 0) is 4.79 Å². The summed E-state index contributed by atoms with van der Waals surface area (Å²) in [5.74, 6) is 0.876. The number of rotatable bonds is 5. The Morgan fingerprint density at radius 1 is 0.969 bits per heavy atom. The second kappa shape index (κ2) is 9.83. The standard InChI is InChI=1S/C26H25N3O2S/c1-17-12-23-24(13-18(17)2)29-26(15-22(28-23)19-8-5-4-6-9-19)32-16-25(30)27-20-10-7-11-21(14-20)31-3/h4-14H,15-16H2,1-3H3,(H,27,30). The summed E-state index contributed by atoms with van der Waals surface area (Å²) in [6.07, 6.45) is 0.577. The van der Waals surface area contributed by atoms with Crippen molar-refractivity contribution in [2.45, 2.75) is 20.3 Å². The maximum Gasteiger partial charge on any atom is 0.234 e. The Bertz CT molecular complexity index is 1200. The van der Waals surface area contributed by atoms with Crippen LogP contribution in [0.4, 0.5) is 17.1 Å². The lowest BCUT2D eigenvalue weighted by molar-refractivity contribution is -0.113. The Labute approximate surface area is 192 Å². The summed E-state index contributed by atoms with van der Waals surface area (Å²) in [5.41, 5.74) is 6.79. The molecule has 6 heteroatoms. The fourth-order valence-corrected chi connectivity index (χ4v) is 4.17. The number of carbonyl (C=O) groups excluding carboxylic acids is 1. The molecule has 0 fully saturated rings. The van der Waals surface area contributed by atoms with Crippen molar-refractivity contribution >= 4 is 45.5 Å². The molecule has 1 heterocycles. The molecule has 1 amide bonds. The van der Waals surface area contributed by atoms with Gasteiger partial charge in [-0.15, -0.1) is 11.8 Å². The van der Waals surface area contributed by atoms with Crippen molar-refractivity contribution in [2.24, 2.45) is 9.98 Å². The summed E-state index contributed by atoms with van der Waals surface area (Å²) in [5, 5.41) is 3.80. The lowest BCUT2D eigenvalue weighted by atomic mass is 10.1. The maximum atomic E-state index is 12.6. The van der Waals surface area contributed by atoms with Gasteiger partial charge in [0.15, 0.2) is 0 Å². The summed E-state index contributed by atoms with van der Waals surface area (Å²) in [6, 6.07) is 21.6. The predicted molar refractivity (Wildman–Crippen MR) is 134 cm³/mol. The van der Waals surface area contributed by atoms with Crippen LogP contribution in [0.1, 0.15) is 23.1 Å². The first-order valence-corrected chi connectivity index (χ1v) is 11.4. The van der Waals surface area contributed by atoms with E-state index in [2.05, 4.69) is 43.4 Å². The number of nitrogens with zero attached hydrogens (tertiary/aromatic N) is 2. The molecular weight excluding hydrogens is 418 g/mol. The monoisotopic (exact) mass is 443 g/mol. The molecule has 4 rings (SSSR count). The van der Waals surface area contributed by atoms with Gasteiger partial charge in [-0.3, -0.25) is 9.79 Å². The third-order valence-electron chi connectivity index (χ3n) is 5.24. The van der Waals surface area contributed by atoms with Crippen LogP contribution in [0.25, 0.3) is 0 Å². The van der Waals surface area contributed by atoms with Crippen LogP contribution in [0, 0.1) is 13.8 Å². The van der Waals surface area contributed by atoms with E-state index in [-0.39, 0.29) is 11.7 Å². The van der Waals surface area contributed by atoms with E-state index in [0.29, 0.717) is 17.9 Å². The molecule has 0 atom stereocenters. The number of aliphatic imine (C=N–C) groups is 2. The van der Waals surface area contributed by atoms with Gasteiger partial charge in [0, 0.05) is 18.2 Å². The van der Waals surface area contributed by atoms with Crippen molar-refractivity contribution in [1.82, 2.24) is 0 Å². The minimum Gasteiger partial charge on any atom is -0.497 e. The van der Waals surface area contributed by atoms with Crippen LogP contribution in [0.2, 0.25) is 0 Å². The number of thioether (sulfide) groups is 1. The van der Waals surface area contributed by atoms with Crippen LogP contribution in [0.3, 0.4) is 0 Å². The molecule has 0 bridgehead atoms. The minimum absolute atomic E-state index is 0.0892. The summed E-state index contributed by atoms with van der Waals surface area (Å²) < 4.78 is 5.22. The largest absolute Gasteiger partial charge is 0.497 e. The Kier molecular flexibility index (Phi) is 6.71. The molecular formula is C26H25N3O2S. The van der Waals surface area contributed by atoms with Gasteiger partial charge in [-0.25, -0.2) is 4.99 Å². The number of methoxy groups -OCH3 is 1. The van der Waals surface area contributed by atoms with Crippen molar-refractivity contribution in [3.8, 4) is 5.75 Å². The molecule has 1 aliphatic rings. The first-order chi connectivity index (χ1) is 15.5. The van der Waals surface area contributed by atoms with E-state index in [0.717, 1.165) is 27.7 Å². The Balaban J connectivity index is 1.55. The third kappa shape index (κ3) is 5.26. The second-order valence-corrected chi connectivity index (χ2v) is 8.65. The van der Waals surface area contributed by atoms with Crippen molar-refractivity contribution in [1.29, 1.82) is 0 Å². The van der Waals surface area contributed by atoms with Crippen LogP contribution >= 0.6 is 11.8 Å². The molecule has 0 saturated carbocycles. The van der Waals surface area contributed by atoms with E-state index >= 15 is 0 Å². The SMILES string of the molecule is COc1cccc(NC(=O)CSC2=Nc3cc(C)c(C)cc3N=C(c3ccccc3)C2)c1. The van der Waals surface area contributed by atoms with Crippen LogP contribution in [0.5, 0.6) is 5.75 Å². The number of anilines is 1. The average Bonchev–Trinajstić information content (AvgIpc) is 2.98. The second-order valence-electron chi connectivity index (χ2n) is 7.60. The highest BCUT2D eigenvalue weighted by Gasteiger charge is 2.17. The van der Waals surface area contributed by atoms with Gasteiger partial charge in [0.1, 0.15) is 5.75 Å². The topological polar surface area (TPSA) is 63.0 Å². The van der Waals surface area contributed by atoms with Gasteiger partial charge >= 0.3 is 0 Å². The molecule has 0 saturated heterocycles. The van der Waals surface area contributed by atoms with Crippen LogP contribution in [-0.4, -0.2) is 29.5 Å². The number of fused-ring (bicyclic) bond motifs is 1. The third-order valence-corrected chi connectivity index (χ3v) is 6.22. The van der Waals surface area contributed by atoms with Gasteiger partial charge in [0.05, 0.1) is 35.0 Å². The highest BCUT2D eigenvalue weighted by atomic mass is 32.2. The fourth-order valence-electron chi connectivity index (χ4n) is 3.39. The van der Waals surface area contributed by atoms with Crippen LogP contribution < -0.4 is 10.1 Å². The highest BCUT2D eigenvalue weighted by molar-refractivity contribution is 8.14. The molecule has 3 aromatic rings. The Hall–Kier alpha value is -3.38. The lowest BCUT2D eigenvalue weighted by Gasteiger charge is -2.09. The number of benzene rings is 3. The summed E-state index contributed by atoms with van der Waals surface area (Å²) in [4.78, 5) is 22.4. The van der Waals surface area contributed by atoms with Gasteiger partial charge in [-0.05, 0) is 54.8 Å². The van der Waals surface area contributed by atoms with Crippen molar-refractivity contribution in [2.75, 3.05) is 18.2 Å². The number of nitrogens with one attached hydrogen (secondary N) is 1. The lowest BCUT2D eigenvalue weighted by Crippen LogP contribution is -2.16. The summed E-state index contributed by atoms with van der Waals surface area (Å²) in [7, 11) is 1.61. The van der Waals surface area contributed by atoms with E-state index in [1.165, 1.54) is 22.9 Å². The maximum absolute atomic E-state index is 12.6. The molecule has 0 spiro atoms. The zero-order valence-electron chi connectivity index (χ0n) is 18.4. The number of hydrogen-bond acceptors (Lipinski definition) is 5. The number of carbonyl (C=O) groups is 1. The van der Waals surface area contributed by atoms with Gasteiger partial charge in [-0.1, -0.05) is 36.4 Å². The van der Waals surface area contributed by atoms with Gasteiger partial charge < -0.3 is 10.1 Å². The summed E-state index contributed by atoms with van der Waals surface area (Å²) >= 11 is 1.45. The molecule has 0 radical (unpaired) electrons. The molecule has 0 aromatic heterocycles. The molecule has 1 N–H and O–H groups in total. The van der Waals surface area contributed by atoms with E-state index < -0.39 is 0 Å². The van der Waals surface area contributed by atoms with Crippen molar-refractivity contribution in [3.63, 3.8) is 0 Å². The first kappa shape index (κ1) is 21.8. The molecule has 3 aromatic carbocycles. The van der Waals surface area contributed by atoms with Gasteiger partial charge in [0.25, 0.3) is 0 Å². The molecule has 1 aliphatic heterocycles. The first-order valence-electron chi connectivity index (χ1n) is 10.4. The van der Waals surface area contributed by atoms with Gasteiger partial charge in [-0.2, -0.15) is 0 Å². The molecule has 0 aliphatic carbocycles. The smallest absolute Gasteiger partial charge is 0.234 e. The quantitative estimate of drug-likeness (QED) is 0.508. The molecule has 5 nitrogen and oxygen atoms in total. The minimum atomic E-state index is -0.0892. The molecule has 162 valence electrons. The molecule has 32 heavy (non-hydrogen) atoms.